The summed E-state index contributed by atoms with van der Waals surface area (Å²) in [6.45, 7) is 2.31. The summed E-state index contributed by atoms with van der Waals surface area (Å²) in [5.41, 5.74) is 4.68. The third-order valence-corrected chi connectivity index (χ3v) is 5.55. The molecule has 11 heteroatoms. The number of allylic oxidation sites excluding steroid dienone is 1. The van der Waals surface area contributed by atoms with Crippen molar-refractivity contribution in [2.45, 2.75) is 26.3 Å². The normalized spacial score (nSPS) is 13.7. The van der Waals surface area contributed by atoms with E-state index in [1.807, 2.05) is 24.3 Å². The molecule has 2 heterocycles. The van der Waals surface area contributed by atoms with Crippen molar-refractivity contribution in [3.8, 4) is 5.88 Å². The molecule has 4 rings (SSSR count). The lowest BCUT2D eigenvalue weighted by Gasteiger charge is -2.28. The molecule has 1 N–H and O–H groups in total. The molecule has 0 saturated heterocycles. The van der Waals surface area contributed by atoms with E-state index >= 15 is 0 Å². The van der Waals surface area contributed by atoms with Crippen LogP contribution in [-0.2, 0) is 19.3 Å². The summed E-state index contributed by atoms with van der Waals surface area (Å²) in [5.74, 6) is -0.259. The van der Waals surface area contributed by atoms with E-state index in [9.17, 15) is 17.6 Å². The Kier molecular flexibility index (Phi) is 7.18. The number of amidine groups is 1. The Morgan fingerprint density at radius 3 is 2.40 bits per heavy atom. The number of aromatic nitrogens is 1. The van der Waals surface area contributed by atoms with E-state index in [1.165, 1.54) is 12.1 Å². The molecule has 0 saturated carbocycles. The fourth-order valence-corrected chi connectivity index (χ4v) is 3.79. The zero-order valence-electron chi connectivity index (χ0n) is 18.2. The summed E-state index contributed by atoms with van der Waals surface area (Å²) in [6, 6.07) is 12.6. The van der Waals surface area contributed by atoms with Crippen LogP contribution in [0.3, 0.4) is 0 Å². The second kappa shape index (κ2) is 10.1. The molecule has 0 aliphatic carbocycles. The first kappa shape index (κ1) is 24.8. The molecule has 1 aliphatic heterocycles. The number of halogens is 6. The Hall–Kier alpha value is -3.30. The van der Waals surface area contributed by atoms with Gasteiger partial charge in [-0.2, -0.15) is 13.2 Å². The number of benzene rings is 2. The Morgan fingerprint density at radius 1 is 1.03 bits per heavy atom. The molecule has 0 radical (unpaired) electrons. The average Bonchev–Trinajstić information content (AvgIpc) is 2.78. The van der Waals surface area contributed by atoms with Crippen LogP contribution in [0.4, 0.5) is 17.6 Å². The van der Waals surface area contributed by atoms with Crippen molar-refractivity contribution in [1.82, 2.24) is 15.4 Å². The highest BCUT2D eigenvalue weighted by Gasteiger charge is 2.31. The molecule has 0 spiro atoms. The first-order chi connectivity index (χ1) is 16.6. The Labute approximate surface area is 208 Å². The van der Waals surface area contributed by atoms with Gasteiger partial charge in [0.05, 0.1) is 28.4 Å². The number of nitrogens with one attached hydrogen (secondary N) is 1. The van der Waals surface area contributed by atoms with E-state index in [-0.39, 0.29) is 28.1 Å². The van der Waals surface area contributed by atoms with E-state index in [4.69, 9.17) is 27.9 Å². The van der Waals surface area contributed by atoms with Gasteiger partial charge in [-0.3, -0.25) is 10.4 Å². The highest BCUT2D eigenvalue weighted by Crippen LogP contribution is 2.33. The molecular weight excluding hydrogens is 507 g/mol. The molecule has 2 aromatic carbocycles. The fourth-order valence-electron chi connectivity index (χ4n) is 3.32. The molecule has 1 aliphatic rings. The van der Waals surface area contributed by atoms with Crippen LogP contribution in [0.5, 0.6) is 5.88 Å². The number of nitrogens with zero attached hydrogens (tertiary/aromatic N) is 3. The minimum absolute atomic E-state index is 0.0714. The monoisotopic (exact) mass is 524 g/mol. The summed E-state index contributed by atoms with van der Waals surface area (Å²) >= 11 is 12.0. The molecule has 0 fully saturated rings. The van der Waals surface area contributed by atoms with Gasteiger partial charge >= 0.3 is 6.18 Å². The van der Waals surface area contributed by atoms with Crippen LogP contribution in [0, 0.1) is 5.82 Å². The van der Waals surface area contributed by atoms with Gasteiger partial charge in [0.2, 0.25) is 5.88 Å². The molecule has 5 nitrogen and oxygen atoms in total. The number of ether oxygens (including phenoxy) is 1. The van der Waals surface area contributed by atoms with E-state index < -0.39 is 17.6 Å². The van der Waals surface area contributed by atoms with E-state index in [0.717, 1.165) is 17.2 Å². The van der Waals surface area contributed by atoms with Gasteiger partial charge in [-0.25, -0.2) is 14.4 Å². The summed E-state index contributed by atoms with van der Waals surface area (Å²) in [6.07, 6.45) is -2.07. The van der Waals surface area contributed by atoms with Crippen LogP contribution in [0.15, 0.2) is 71.6 Å². The minimum atomic E-state index is -4.53. The highest BCUT2D eigenvalue weighted by atomic mass is 35.5. The number of aliphatic imine (C=N–C) groups is 1. The first-order valence-corrected chi connectivity index (χ1v) is 11.0. The molecular formula is C24H18Cl2F4N4O. The second-order valence-corrected chi connectivity index (χ2v) is 8.50. The van der Waals surface area contributed by atoms with Gasteiger partial charge in [0.25, 0.3) is 0 Å². The number of hydrazine groups is 1. The lowest BCUT2D eigenvalue weighted by Crippen LogP contribution is -2.41. The van der Waals surface area contributed by atoms with Gasteiger partial charge in [0.15, 0.2) is 5.84 Å². The maximum absolute atomic E-state index is 14.3. The largest absolute Gasteiger partial charge is 0.472 e. The quantitative estimate of drug-likeness (QED) is 0.362. The van der Waals surface area contributed by atoms with Crippen LogP contribution in [0.1, 0.15) is 29.2 Å². The summed E-state index contributed by atoms with van der Waals surface area (Å²) in [7, 11) is 0. The van der Waals surface area contributed by atoms with Gasteiger partial charge in [0, 0.05) is 12.4 Å². The topological polar surface area (TPSA) is 49.8 Å². The van der Waals surface area contributed by atoms with Crippen LogP contribution in [0.2, 0.25) is 10.0 Å². The highest BCUT2D eigenvalue weighted by molar-refractivity contribution is 6.34. The third-order valence-electron chi connectivity index (χ3n) is 4.97. The van der Waals surface area contributed by atoms with Gasteiger partial charge in [-0.05, 0) is 36.2 Å². The fraction of sp³-hybridized carbons (Fsp3) is 0.167. The third kappa shape index (κ3) is 6.04. The zero-order chi connectivity index (χ0) is 25.2. The summed E-state index contributed by atoms with van der Waals surface area (Å²) < 4.78 is 58.0. The molecule has 0 amide bonds. The first-order valence-electron chi connectivity index (χ1n) is 10.3. The van der Waals surface area contributed by atoms with Crippen molar-refractivity contribution >= 4 is 29.0 Å². The molecule has 0 bridgehead atoms. The SMILES string of the molecule is CC1=CN(Cc2ccc(COc3ncc(C(F)(F)F)cc3Cl)cc2)NC(c2c(F)cccc2Cl)=N1. The van der Waals surface area contributed by atoms with Crippen LogP contribution < -0.4 is 10.2 Å². The summed E-state index contributed by atoms with van der Waals surface area (Å²) in [4.78, 5) is 8.03. The van der Waals surface area contributed by atoms with Crippen molar-refractivity contribution in [2.24, 2.45) is 4.99 Å². The van der Waals surface area contributed by atoms with Crippen molar-refractivity contribution in [3.05, 3.63) is 105 Å². The Balaban J connectivity index is 1.39. The standard InChI is InChI=1S/C24H18Cl2F4N4O/c1-14-11-34(33-22(32-14)21-18(25)3-2-4-20(21)27)12-15-5-7-16(8-6-15)13-35-23-19(26)9-17(10-31-23)24(28,29)30/h2-11H,12-13H2,1H3,(H,32,33). The van der Waals surface area contributed by atoms with E-state index in [1.54, 1.807) is 24.2 Å². The van der Waals surface area contributed by atoms with Crippen molar-refractivity contribution in [1.29, 1.82) is 0 Å². The van der Waals surface area contributed by atoms with Gasteiger partial charge in [-0.15, -0.1) is 0 Å². The van der Waals surface area contributed by atoms with Gasteiger partial charge in [-0.1, -0.05) is 53.5 Å². The minimum Gasteiger partial charge on any atom is -0.472 e. The van der Waals surface area contributed by atoms with Crippen LogP contribution in [-0.4, -0.2) is 15.8 Å². The lowest BCUT2D eigenvalue weighted by molar-refractivity contribution is -0.137. The van der Waals surface area contributed by atoms with Crippen LogP contribution >= 0.6 is 23.2 Å². The number of rotatable bonds is 6. The number of hydrogen-bond donors (Lipinski definition) is 1. The van der Waals surface area contributed by atoms with Crippen molar-refractivity contribution in [3.63, 3.8) is 0 Å². The summed E-state index contributed by atoms with van der Waals surface area (Å²) in [5, 5.41) is 1.79. The number of alkyl halides is 3. The predicted molar refractivity (Wildman–Crippen MR) is 125 cm³/mol. The molecule has 35 heavy (non-hydrogen) atoms. The Morgan fingerprint density at radius 2 is 1.74 bits per heavy atom. The molecule has 3 aromatic rings. The van der Waals surface area contributed by atoms with E-state index in [0.29, 0.717) is 24.3 Å². The zero-order valence-corrected chi connectivity index (χ0v) is 19.7. The van der Waals surface area contributed by atoms with Crippen molar-refractivity contribution < 1.29 is 22.3 Å². The molecule has 182 valence electrons. The van der Waals surface area contributed by atoms with Gasteiger partial charge in [0.1, 0.15) is 17.4 Å². The molecule has 1 aromatic heterocycles. The molecule has 0 atom stereocenters. The van der Waals surface area contributed by atoms with Gasteiger partial charge < -0.3 is 4.74 Å². The lowest BCUT2D eigenvalue weighted by atomic mass is 10.1. The number of pyridine rings is 1. The number of hydrogen-bond acceptors (Lipinski definition) is 5. The second-order valence-electron chi connectivity index (χ2n) is 7.68. The maximum atomic E-state index is 14.3. The average molecular weight is 525 g/mol. The maximum Gasteiger partial charge on any atom is 0.417 e. The van der Waals surface area contributed by atoms with Crippen molar-refractivity contribution in [2.75, 3.05) is 0 Å². The Bertz CT molecular complexity index is 1270. The smallest absolute Gasteiger partial charge is 0.417 e. The van der Waals surface area contributed by atoms with E-state index in [2.05, 4.69) is 15.4 Å². The predicted octanol–water partition coefficient (Wildman–Crippen LogP) is 6.75. The van der Waals surface area contributed by atoms with Crippen LogP contribution in [0.25, 0.3) is 0 Å². The molecule has 0 unspecified atom stereocenters.